The molecule has 2 aromatic carbocycles. The lowest BCUT2D eigenvalue weighted by molar-refractivity contribution is 0.398. The molecule has 0 aliphatic heterocycles. The van der Waals surface area contributed by atoms with Crippen LogP contribution in [-0.2, 0) is 0 Å². The van der Waals surface area contributed by atoms with E-state index in [9.17, 15) is 0 Å². The van der Waals surface area contributed by atoms with Crippen LogP contribution in [0.2, 0.25) is 0 Å². The first-order valence-corrected chi connectivity index (χ1v) is 7.79. The van der Waals surface area contributed by atoms with Crippen LogP contribution in [-0.4, -0.2) is 21.5 Å². The van der Waals surface area contributed by atoms with Crippen molar-refractivity contribution in [3.63, 3.8) is 0 Å². The van der Waals surface area contributed by atoms with Gasteiger partial charge in [0.15, 0.2) is 0 Å². The van der Waals surface area contributed by atoms with Gasteiger partial charge in [-0.25, -0.2) is 0 Å². The van der Waals surface area contributed by atoms with Crippen LogP contribution in [0.1, 0.15) is 13.3 Å². The summed E-state index contributed by atoms with van der Waals surface area (Å²) < 4.78 is 11.4. The highest BCUT2D eigenvalue weighted by Gasteiger charge is 2.10. The molecule has 0 radical (unpaired) electrons. The van der Waals surface area contributed by atoms with Crippen molar-refractivity contribution in [1.29, 1.82) is 0 Å². The van der Waals surface area contributed by atoms with Crippen LogP contribution in [0, 0.1) is 0 Å². The molecule has 0 aliphatic rings. The Morgan fingerprint density at radius 3 is 1.71 bits per heavy atom. The zero-order valence-electron chi connectivity index (χ0n) is 13.3. The lowest BCUT2D eigenvalue weighted by atomic mass is 10.3. The summed E-state index contributed by atoms with van der Waals surface area (Å²) in [4.78, 5) is 12.8. The van der Waals surface area contributed by atoms with Crippen molar-refractivity contribution in [1.82, 2.24) is 15.0 Å². The molecule has 0 saturated heterocycles. The summed E-state index contributed by atoms with van der Waals surface area (Å²) in [7, 11) is 0. The van der Waals surface area contributed by atoms with Crippen molar-refractivity contribution >= 4 is 5.95 Å². The fourth-order valence-corrected chi connectivity index (χ4v) is 1.93. The first-order valence-electron chi connectivity index (χ1n) is 7.79. The molecule has 3 rings (SSSR count). The number of hydrogen-bond donors (Lipinski definition) is 1. The summed E-state index contributed by atoms with van der Waals surface area (Å²) in [5.74, 6) is 1.72. The number of rotatable bonds is 7. The molecule has 0 atom stereocenters. The van der Waals surface area contributed by atoms with E-state index in [1.807, 2.05) is 60.7 Å². The second-order valence-electron chi connectivity index (χ2n) is 4.98. The molecular formula is C18H18N4O2. The Hall–Kier alpha value is -3.15. The van der Waals surface area contributed by atoms with E-state index < -0.39 is 0 Å². The number of hydrogen-bond acceptors (Lipinski definition) is 6. The van der Waals surface area contributed by atoms with Gasteiger partial charge in [0.1, 0.15) is 11.5 Å². The third-order valence-corrected chi connectivity index (χ3v) is 3.03. The fourth-order valence-electron chi connectivity index (χ4n) is 1.93. The third-order valence-electron chi connectivity index (χ3n) is 3.03. The molecule has 1 aromatic heterocycles. The van der Waals surface area contributed by atoms with Crippen molar-refractivity contribution in [2.45, 2.75) is 13.3 Å². The number of para-hydroxylation sites is 2. The molecule has 1 N–H and O–H groups in total. The number of ether oxygens (including phenoxy) is 2. The molecule has 0 aliphatic carbocycles. The molecule has 0 spiro atoms. The van der Waals surface area contributed by atoms with Crippen molar-refractivity contribution in [3.8, 4) is 23.5 Å². The van der Waals surface area contributed by atoms with Gasteiger partial charge in [0.2, 0.25) is 5.95 Å². The molecule has 0 bridgehead atoms. The maximum absolute atomic E-state index is 5.70. The predicted molar refractivity (Wildman–Crippen MR) is 91.6 cm³/mol. The Balaban J connectivity index is 1.85. The Morgan fingerprint density at radius 1 is 0.750 bits per heavy atom. The van der Waals surface area contributed by atoms with E-state index in [1.54, 1.807) is 0 Å². The van der Waals surface area contributed by atoms with Crippen LogP contribution in [0.5, 0.6) is 23.5 Å². The van der Waals surface area contributed by atoms with E-state index in [2.05, 4.69) is 27.2 Å². The van der Waals surface area contributed by atoms with Gasteiger partial charge < -0.3 is 14.8 Å². The quantitative estimate of drug-likeness (QED) is 0.700. The average Bonchev–Trinajstić information content (AvgIpc) is 2.61. The largest absolute Gasteiger partial charge is 0.424 e. The summed E-state index contributed by atoms with van der Waals surface area (Å²) in [6.45, 7) is 2.82. The highest BCUT2D eigenvalue weighted by Crippen LogP contribution is 2.23. The van der Waals surface area contributed by atoms with Gasteiger partial charge in [-0.15, -0.1) is 4.98 Å². The lowest BCUT2D eigenvalue weighted by Crippen LogP contribution is -2.07. The number of nitrogens with zero attached hydrogens (tertiary/aromatic N) is 3. The molecule has 6 nitrogen and oxygen atoms in total. The predicted octanol–water partition coefficient (Wildman–Crippen LogP) is 4.28. The molecule has 24 heavy (non-hydrogen) atoms. The zero-order chi connectivity index (χ0) is 16.6. The standard InChI is InChI=1S/C18H18N4O2/c1-2-13-19-16-20-17(23-14-9-5-3-6-10-14)22-18(21-16)24-15-11-7-4-8-12-15/h3-12H,2,13H2,1H3,(H,19,20,21,22). The second-order valence-corrected chi connectivity index (χ2v) is 4.98. The van der Waals surface area contributed by atoms with Crippen LogP contribution < -0.4 is 14.8 Å². The van der Waals surface area contributed by atoms with Crippen LogP contribution in [0.3, 0.4) is 0 Å². The zero-order valence-corrected chi connectivity index (χ0v) is 13.3. The molecule has 1 heterocycles. The summed E-state index contributed by atoms with van der Waals surface area (Å²) in [5.41, 5.74) is 0. The molecule has 3 aromatic rings. The monoisotopic (exact) mass is 322 g/mol. The van der Waals surface area contributed by atoms with Gasteiger partial charge in [-0.3, -0.25) is 0 Å². The molecule has 0 unspecified atom stereocenters. The van der Waals surface area contributed by atoms with Crippen molar-refractivity contribution in [3.05, 3.63) is 60.7 Å². The van der Waals surface area contributed by atoms with E-state index in [1.165, 1.54) is 0 Å². The van der Waals surface area contributed by atoms with Crippen LogP contribution in [0.15, 0.2) is 60.7 Å². The second kappa shape index (κ2) is 7.92. The minimum Gasteiger partial charge on any atom is -0.424 e. The number of nitrogens with one attached hydrogen (secondary N) is 1. The number of anilines is 1. The van der Waals surface area contributed by atoms with Gasteiger partial charge in [-0.2, -0.15) is 9.97 Å². The fraction of sp³-hybridized carbons (Fsp3) is 0.167. The lowest BCUT2D eigenvalue weighted by Gasteiger charge is -2.09. The van der Waals surface area contributed by atoms with E-state index in [0.717, 1.165) is 13.0 Å². The minimum atomic E-state index is 0.181. The Bertz CT molecular complexity index is 707. The molecule has 0 amide bonds. The average molecular weight is 322 g/mol. The molecule has 122 valence electrons. The van der Waals surface area contributed by atoms with Gasteiger partial charge in [-0.05, 0) is 30.7 Å². The Morgan fingerprint density at radius 2 is 1.25 bits per heavy atom. The number of aromatic nitrogens is 3. The Labute approximate surface area is 140 Å². The maximum atomic E-state index is 5.70. The van der Waals surface area contributed by atoms with Gasteiger partial charge in [-0.1, -0.05) is 43.3 Å². The smallest absolute Gasteiger partial charge is 0.330 e. The van der Waals surface area contributed by atoms with Gasteiger partial charge >= 0.3 is 12.0 Å². The third kappa shape index (κ3) is 4.42. The van der Waals surface area contributed by atoms with Crippen LogP contribution in [0.4, 0.5) is 5.95 Å². The van der Waals surface area contributed by atoms with E-state index in [-0.39, 0.29) is 12.0 Å². The highest BCUT2D eigenvalue weighted by molar-refractivity contribution is 5.32. The summed E-state index contributed by atoms with van der Waals surface area (Å²) in [5, 5.41) is 3.12. The number of benzene rings is 2. The van der Waals surface area contributed by atoms with Gasteiger partial charge in [0.05, 0.1) is 0 Å². The molecule has 6 heteroatoms. The summed E-state index contributed by atoms with van der Waals surface area (Å²) >= 11 is 0. The van der Waals surface area contributed by atoms with Gasteiger partial charge in [0.25, 0.3) is 0 Å². The summed E-state index contributed by atoms with van der Waals surface area (Å²) in [6.07, 6.45) is 0.954. The normalized spacial score (nSPS) is 10.2. The first-order chi connectivity index (χ1) is 11.8. The van der Waals surface area contributed by atoms with Crippen molar-refractivity contribution in [2.24, 2.45) is 0 Å². The molecule has 0 fully saturated rings. The summed E-state index contributed by atoms with van der Waals surface area (Å²) in [6, 6.07) is 19.1. The van der Waals surface area contributed by atoms with Crippen LogP contribution >= 0.6 is 0 Å². The highest BCUT2D eigenvalue weighted by atomic mass is 16.5. The SMILES string of the molecule is CCCNc1nc(Oc2ccccc2)nc(Oc2ccccc2)n1. The van der Waals surface area contributed by atoms with Crippen molar-refractivity contribution < 1.29 is 9.47 Å². The molecular weight excluding hydrogens is 304 g/mol. The van der Waals surface area contributed by atoms with E-state index >= 15 is 0 Å². The van der Waals surface area contributed by atoms with Crippen molar-refractivity contribution in [2.75, 3.05) is 11.9 Å². The topological polar surface area (TPSA) is 69.2 Å². The maximum Gasteiger partial charge on any atom is 0.330 e. The minimum absolute atomic E-state index is 0.181. The first kappa shape index (κ1) is 15.7. The van der Waals surface area contributed by atoms with E-state index in [4.69, 9.17) is 9.47 Å². The van der Waals surface area contributed by atoms with E-state index in [0.29, 0.717) is 17.4 Å². The molecule has 0 saturated carbocycles. The van der Waals surface area contributed by atoms with Gasteiger partial charge in [0, 0.05) is 6.54 Å². The Kier molecular flexibility index (Phi) is 5.19. The van der Waals surface area contributed by atoms with Crippen LogP contribution in [0.25, 0.3) is 0 Å².